The number of carbonyl (C=O) groups excluding carboxylic acids is 1. The van der Waals surface area contributed by atoms with E-state index in [9.17, 15) is 13.6 Å². The molecule has 0 spiro atoms. The molecule has 12 heteroatoms. The molecule has 32 heavy (non-hydrogen) atoms. The fourth-order valence-electron chi connectivity index (χ4n) is 3.36. The Hall–Kier alpha value is -2.95. The van der Waals surface area contributed by atoms with Gasteiger partial charge in [0.25, 0.3) is 5.91 Å². The Bertz CT molecular complexity index is 1060. The van der Waals surface area contributed by atoms with E-state index in [1.807, 2.05) is 0 Å². The minimum Gasteiger partial charge on any atom is -0.420 e. The van der Waals surface area contributed by atoms with Gasteiger partial charge in [-0.1, -0.05) is 0 Å². The molecule has 1 aliphatic rings. The Labute approximate surface area is 193 Å². The lowest BCUT2D eigenvalue weighted by molar-refractivity contribution is -0.0964. The zero-order valence-corrected chi connectivity index (χ0v) is 18.2. The van der Waals surface area contributed by atoms with Gasteiger partial charge in [-0.05, 0) is 42.8 Å². The van der Waals surface area contributed by atoms with Crippen LogP contribution >= 0.6 is 24.0 Å². The first kappa shape index (κ1) is 23.7. The number of aromatic amines is 1. The van der Waals surface area contributed by atoms with Crippen LogP contribution in [0.2, 0.25) is 0 Å². The molecule has 1 aliphatic heterocycles. The number of anilines is 2. The number of alkyl halides is 3. The van der Waals surface area contributed by atoms with E-state index in [-0.39, 0.29) is 24.2 Å². The van der Waals surface area contributed by atoms with Crippen molar-refractivity contribution in [2.45, 2.75) is 18.0 Å². The second-order valence-corrected chi connectivity index (χ2v) is 7.53. The number of hydrogen-bond donors (Lipinski definition) is 3. The summed E-state index contributed by atoms with van der Waals surface area (Å²) in [5.41, 5.74) is 4.40. The molecular formula is C20H20Cl2F2N6O2. The van der Waals surface area contributed by atoms with Crippen molar-refractivity contribution in [2.24, 2.45) is 5.73 Å². The summed E-state index contributed by atoms with van der Waals surface area (Å²) < 4.78 is 29.7. The minimum atomic E-state index is -3.81. The van der Waals surface area contributed by atoms with Gasteiger partial charge in [0, 0.05) is 54.4 Å². The van der Waals surface area contributed by atoms with Crippen molar-refractivity contribution in [1.82, 2.24) is 15.2 Å². The molecule has 0 bridgehead atoms. The maximum absolute atomic E-state index is 12.8. The highest BCUT2D eigenvalue weighted by atomic mass is 35.5. The predicted octanol–water partition coefficient (Wildman–Crippen LogP) is 3.85. The number of rotatable bonds is 6. The van der Waals surface area contributed by atoms with Crippen LogP contribution < -0.4 is 20.7 Å². The van der Waals surface area contributed by atoms with Gasteiger partial charge in [-0.2, -0.15) is 5.10 Å². The first-order valence-electron chi connectivity index (χ1n) is 9.46. The zero-order chi connectivity index (χ0) is 22.0. The largest absolute Gasteiger partial charge is 0.487 e. The molecule has 3 heterocycles. The van der Waals surface area contributed by atoms with Gasteiger partial charge in [0.1, 0.15) is 11.6 Å². The standard InChI is InChI=1S/C20H19ClF2N6O2.ClH/c21-20(22,23)31-15-3-1-14(2-4-15)27-19(30)12-9-16(17-5-7-26-28-17)18(25-10-12)29-8-6-13(24)11-29;/h1-5,7,9-10,13H,6,8,11,24H2,(H,26,28)(H,27,30);1H/t13-;/m1./s1. The lowest BCUT2D eigenvalue weighted by Gasteiger charge is -2.20. The molecule has 2 aromatic heterocycles. The van der Waals surface area contributed by atoms with Crippen LogP contribution in [0.3, 0.4) is 0 Å². The molecule has 1 aromatic carbocycles. The predicted molar refractivity (Wildman–Crippen MR) is 120 cm³/mol. The minimum absolute atomic E-state index is 0. The van der Waals surface area contributed by atoms with Crippen molar-refractivity contribution < 1.29 is 18.3 Å². The van der Waals surface area contributed by atoms with E-state index in [2.05, 4.69) is 30.1 Å². The Morgan fingerprint density at radius 2 is 2.06 bits per heavy atom. The van der Waals surface area contributed by atoms with Gasteiger partial charge >= 0.3 is 5.57 Å². The molecule has 8 nitrogen and oxygen atoms in total. The number of carbonyl (C=O) groups is 1. The number of nitrogens with zero attached hydrogens (tertiary/aromatic N) is 3. The first-order chi connectivity index (χ1) is 14.8. The Kier molecular flexibility index (Phi) is 7.17. The lowest BCUT2D eigenvalue weighted by atomic mass is 10.1. The highest BCUT2D eigenvalue weighted by Crippen LogP contribution is 2.31. The molecule has 1 saturated heterocycles. The van der Waals surface area contributed by atoms with Crippen molar-refractivity contribution in [1.29, 1.82) is 0 Å². The molecule has 1 atom stereocenters. The highest BCUT2D eigenvalue weighted by molar-refractivity contribution is 6.20. The average Bonchev–Trinajstić information content (AvgIpc) is 3.40. The normalized spacial score (nSPS) is 15.9. The van der Waals surface area contributed by atoms with Gasteiger partial charge in [0.15, 0.2) is 0 Å². The summed E-state index contributed by atoms with van der Waals surface area (Å²) in [6.45, 7) is 1.45. The molecular weight excluding hydrogens is 465 g/mol. The number of amides is 1. The average molecular weight is 485 g/mol. The van der Waals surface area contributed by atoms with E-state index in [0.29, 0.717) is 17.8 Å². The van der Waals surface area contributed by atoms with E-state index in [1.54, 1.807) is 18.3 Å². The summed E-state index contributed by atoms with van der Waals surface area (Å²) in [6.07, 6.45) is 3.97. The van der Waals surface area contributed by atoms with Crippen LogP contribution in [0.25, 0.3) is 11.3 Å². The molecule has 1 fully saturated rings. The number of aromatic nitrogens is 3. The van der Waals surface area contributed by atoms with E-state index < -0.39 is 11.5 Å². The topological polar surface area (TPSA) is 109 Å². The molecule has 170 valence electrons. The maximum Gasteiger partial charge on any atom is 0.487 e. The fraction of sp³-hybridized carbons (Fsp3) is 0.250. The van der Waals surface area contributed by atoms with E-state index in [4.69, 9.17) is 17.3 Å². The van der Waals surface area contributed by atoms with Crippen LogP contribution in [0, 0.1) is 0 Å². The number of hydrogen-bond acceptors (Lipinski definition) is 6. The maximum atomic E-state index is 12.8. The second-order valence-electron chi connectivity index (χ2n) is 7.09. The molecule has 0 aliphatic carbocycles. The SMILES string of the molecule is Cl.N[C@@H]1CCN(c2ncc(C(=O)Nc3ccc(OC(F)(F)Cl)cc3)cc2-c2ccn[nH]2)C1. The number of benzene rings is 1. The van der Waals surface area contributed by atoms with Crippen LogP contribution in [-0.2, 0) is 0 Å². The summed E-state index contributed by atoms with van der Waals surface area (Å²) in [7, 11) is 0. The third kappa shape index (κ3) is 5.64. The summed E-state index contributed by atoms with van der Waals surface area (Å²) >= 11 is 4.75. The Balaban J connectivity index is 0.00000289. The number of nitrogens with two attached hydrogens (primary N) is 1. The Morgan fingerprint density at radius 1 is 1.31 bits per heavy atom. The van der Waals surface area contributed by atoms with E-state index in [0.717, 1.165) is 30.0 Å². The smallest absolute Gasteiger partial charge is 0.420 e. The summed E-state index contributed by atoms with van der Waals surface area (Å²) in [4.78, 5) is 19.3. The van der Waals surface area contributed by atoms with Crippen molar-refractivity contribution in [2.75, 3.05) is 23.3 Å². The summed E-state index contributed by atoms with van der Waals surface area (Å²) in [5.74, 6) is 0.181. The van der Waals surface area contributed by atoms with Gasteiger partial charge in [-0.15, -0.1) is 21.2 Å². The van der Waals surface area contributed by atoms with Crippen LogP contribution in [0.5, 0.6) is 5.75 Å². The van der Waals surface area contributed by atoms with Gasteiger partial charge in [-0.3, -0.25) is 9.89 Å². The van der Waals surface area contributed by atoms with Gasteiger partial charge in [-0.25, -0.2) is 4.98 Å². The molecule has 0 radical (unpaired) electrons. The fourth-order valence-corrected chi connectivity index (χ4v) is 3.45. The van der Waals surface area contributed by atoms with Gasteiger partial charge in [0.2, 0.25) is 0 Å². The van der Waals surface area contributed by atoms with Crippen molar-refractivity contribution in [3.63, 3.8) is 0 Å². The van der Waals surface area contributed by atoms with Crippen LogP contribution in [0.15, 0.2) is 48.8 Å². The number of H-pyrrole nitrogens is 1. The molecule has 0 saturated carbocycles. The number of ether oxygens (including phenoxy) is 1. The number of pyridine rings is 1. The monoisotopic (exact) mass is 484 g/mol. The molecule has 3 aromatic rings. The molecule has 4 rings (SSSR count). The third-order valence-corrected chi connectivity index (χ3v) is 4.87. The van der Waals surface area contributed by atoms with Crippen LogP contribution in [0.1, 0.15) is 16.8 Å². The summed E-state index contributed by atoms with van der Waals surface area (Å²) in [6, 6.07) is 9.01. The van der Waals surface area contributed by atoms with Crippen molar-refractivity contribution in [3.8, 4) is 17.0 Å². The number of nitrogens with one attached hydrogen (secondary N) is 2. The number of halogens is 4. The zero-order valence-electron chi connectivity index (χ0n) is 16.6. The van der Waals surface area contributed by atoms with Crippen molar-refractivity contribution >= 4 is 41.4 Å². The lowest BCUT2D eigenvalue weighted by Crippen LogP contribution is -2.27. The Morgan fingerprint density at radius 3 is 2.66 bits per heavy atom. The van der Waals surface area contributed by atoms with Gasteiger partial charge < -0.3 is 20.7 Å². The summed E-state index contributed by atoms with van der Waals surface area (Å²) in [5, 5.41) is 9.59. The van der Waals surface area contributed by atoms with E-state index >= 15 is 0 Å². The quantitative estimate of drug-likeness (QED) is 0.458. The molecule has 0 unspecified atom stereocenters. The van der Waals surface area contributed by atoms with E-state index in [1.165, 1.54) is 30.5 Å². The van der Waals surface area contributed by atoms with Crippen LogP contribution in [-0.4, -0.2) is 45.8 Å². The highest BCUT2D eigenvalue weighted by Gasteiger charge is 2.27. The second kappa shape index (κ2) is 9.68. The van der Waals surface area contributed by atoms with Crippen molar-refractivity contribution in [3.05, 3.63) is 54.4 Å². The third-order valence-electron chi connectivity index (χ3n) is 4.79. The first-order valence-corrected chi connectivity index (χ1v) is 9.84. The van der Waals surface area contributed by atoms with Gasteiger partial charge in [0.05, 0.1) is 11.3 Å². The van der Waals surface area contributed by atoms with Crippen LogP contribution in [0.4, 0.5) is 20.3 Å². The molecule has 4 N–H and O–H groups in total. The molecule has 1 amide bonds.